The number of carbonyl (C=O) groups is 3. The van der Waals surface area contributed by atoms with Gasteiger partial charge in [-0.05, 0) is 51.7 Å². The Labute approximate surface area is 151 Å². The van der Waals surface area contributed by atoms with E-state index in [1.165, 1.54) is 24.1 Å². The van der Waals surface area contributed by atoms with Gasteiger partial charge in [-0.3, -0.25) is 14.4 Å². The van der Waals surface area contributed by atoms with Crippen molar-refractivity contribution in [3.63, 3.8) is 0 Å². The lowest BCUT2D eigenvalue weighted by Gasteiger charge is -2.00. The van der Waals surface area contributed by atoms with E-state index < -0.39 is 0 Å². The van der Waals surface area contributed by atoms with E-state index in [1.54, 1.807) is 12.2 Å². The third-order valence-electron chi connectivity index (χ3n) is 3.41. The molecule has 0 aliphatic heterocycles. The summed E-state index contributed by atoms with van der Waals surface area (Å²) in [6, 6.07) is 0. The van der Waals surface area contributed by atoms with Crippen LogP contribution < -0.4 is 0 Å². The quantitative estimate of drug-likeness (QED) is 0.169. The largest absolute Gasteiger partial charge is 0.466 e. The molecule has 0 aromatic carbocycles. The summed E-state index contributed by atoms with van der Waals surface area (Å²) in [5.74, 6) is -0.352. The number of ketones is 1. The van der Waals surface area contributed by atoms with E-state index in [4.69, 9.17) is 4.74 Å². The van der Waals surface area contributed by atoms with Crippen LogP contribution in [0.15, 0.2) is 47.1 Å². The lowest BCUT2D eigenvalue weighted by molar-refractivity contribution is -0.141. The minimum absolute atomic E-state index is 0.0230. The molecule has 0 fully saturated rings. The number of ether oxygens (including phenoxy) is 1. The monoisotopic (exact) mass is 346 g/mol. The van der Waals surface area contributed by atoms with Crippen molar-refractivity contribution in [2.24, 2.45) is 0 Å². The molecule has 0 amide bonds. The second-order valence-electron chi connectivity index (χ2n) is 6.18. The predicted molar refractivity (Wildman–Crippen MR) is 101 cm³/mol. The van der Waals surface area contributed by atoms with Crippen LogP contribution in [0.25, 0.3) is 0 Å². The number of aldehydes is 1. The molecular formula is C21H30O4. The van der Waals surface area contributed by atoms with Crippen molar-refractivity contribution >= 4 is 18.0 Å². The molecule has 0 saturated heterocycles. The molecule has 0 atom stereocenters. The van der Waals surface area contributed by atoms with Crippen molar-refractivity contribution in [2.45, 2.75) is 59.8 Å². The SMILES string of the molecule is CC(=O)OCC/C(C=O)=C\C=C\C(=O)CC/C=C(\C)CCC=C(C)C. The Bertz CT molecular complexity index is 558. The van der Waals surface area contributed by atoms with Gasteiger partial charge in [0.25, 0.3) is 0 Å². The van der Waals surface area contributed by atoms with Gasteiger partial charge >= 0.3 is 5.97 Å². The summed E-state index contributed by atoms with van der Waals surface area (Å²) in [4.78, 5) is 33.3. The Hall–Kier alpha value is -2.23. The number of hydrogen-bond acceptors (Lipinski definition) is 4. The van der Waals surface area contributed by atoms with Crippen LogP contribution in [0, 0.1) is 0 Å². The van der Waals surface area contributed by atoms with Crippen LogP contribution in [0.4, 0.5) is 0 Å². The molecule has 0 rings (SSSR count). The minimum atomic E-state index is -0.375. The predicted octanol–water partition coefficient (Wildman–Crippen LogP) is 4.66. The molecular weight excluding hydrogens is 316 g/mol. The Morgan fingerprint density at radius 1 is 0.920 bits per heavy atom. The highest BCUT2D eigenvalue weighted by Gasteiger charge is 1.98. The summed E-state index contributed by atoms with van der Waals surface area (Å²) in [5, 5.41) is 0. The molecule has 0 radical (unpaired) electrons. The Kier molecular flexibility index (Phi) is 12.9. The van der Waals surface area contributed by atoms with E-state index in [0.717, 1.165) is 19.3 Å². The summed E-state index contributed by atoms with van der Waals surface area (Å²) in [7, 11) is 0. The fourth-order valence-electron chi connectivity index (χ4n) is 2.01. The third kappa shape index (κ3) is 15.1. The van der Waals surface area contributed by atoms with Crippen LogP contribution >= 0.6 is 0 Å². The molecule has 4 heteroatoms. The molecule has 0 aromatic rings. The average molecular weight is 346 g/mol. The van der Waals surface area contributed by atoms with Crippen LogP contribution in [0.5, 0.6) is 0 Å². The molecule has 0 bridgehead atoms. The standard InChI is InChI=1S/C21H30O4/c1-17(2)8-5-9-18(3)10-6-12-21(24)13-7-11-20(16-22)14-15-25-19(4)23/h7-8,10-11,13,16H,5-6,9,12,14-15H2,1-4H3/b13-7+,18-10+,20-11+. The van der Waals surface area contributed by atoms with Gasteiger partial charge in [-0.1, -0.05) is 35.5 Å². The molecule has 0 spiro atoms. The zero-order valence-corrected chi connectivity index (χ0v) is 15.8. The van der Waals surface area contributed by atoms with Gasteiger partial charge in [0.2, 0.25) is 0 Å². The molecule has 0 aliphatic rings. The van der Waals surface area contributed by atoms with Gasteiger partial charge < -0.3 is 4.74 Å². The smallest absolute Gasteiger partial charge is 0.302 e. The first kappa shape index (κ1) is 22.8. The summed E-state index contributed by atoms with van der Waals surface area (Å²) < 4.78 is 4.78. The van der Waals surface area contributed by atoms with E-state index in [0.29, 0.717) is 24.7 Å². The molecule has 0 aromatic heterocycles. The van der Waals surface area contributed by atoms with Gasteiger partial charge in [0.05, 0.1) is 6.61 Å². The minimum Gasteiger partial charge on any atom is -0.466 e. The molecule has 4 nitrogen and oxygen atoms in total. The maximum atomic E-state index is 11.8. The molecule has 0 heterocycles. The van der Waals surface area contributed by atoms with Gasteiger partial charge in [0.15, 0.2) is 5.78 Å². The van der Waals surface area contributed by atoms with Crippen LogP contribution in [0.1, 0.15) is 59.8 Å². The fourth-order valence-corrected chi connectivity index (χ4v) is 2.01. The molecule has 0 aliphatic carbocycles. The lowest BCUT2D eigenvalue weighted by atomic mass is 10.1. The van der Waals surface area contributed by atoms with E-state index in [-0.39, 0.29) is 18.4 Å². The highest BCUT2D eigenvalue weighted by Crippen LogP contribution is 2.09. The Balaban J connectivity index is 4.20. The first-order valence-corrected chi connectivity index (χ1v) is 8.62. The van der Waals surface area contributed by atoms with Crippen LogP contribution in [0.3, 0.4) is 0 Å². The van der Waals surface area contributed by atoms with Crippen molar-refractivity contribution in [1.29, 1.82) is 0 Å². The maximum Gasteiger partial charge on any atom is 0.302 e. The van der Waals surface area contributed by atoms with Crippen molar-refractivity contribution in [2.75, 3.05) is 6.61 Å². The number of hydrogen-bond donors (Lipinski definition) is 0. The number of esters is 1. The topological polar surface area (TPSA) is 60.4 Å². The van der Waals surface area contributed by atoms with Gasteiger partial charge in [0.1, 0.15) is 6.29 Å². The summed E-state index contributed by atoms with van der Waals surface area (Å²) in [5.41, 5.74) is 3.10. The van der Waals surface area contributed by atoms with Gasteiger partial charge in [0, 0.05) is 19.8 Å². The van der Waals surface area contributed by atoms with Crippen molar-refractivity contribution in [3.05, 3.63) is 47.1 Å². The van der Waals surface area contributed by atoms with Gasteiger partial charge in [-0.25, -0.2) is 0 Å². The summed E-state index contributed by atoms with van der Waals surface area (Å²) in [6.07, 6.45) is 13.2. The Morgan fingerprint density at radius 2 is 1.60 bits per heavy atom. The van der Waals surface area contributed by atoms with Gasteiger partial charge in [-0.2, -0.15) is 0 Å². The van der Waals surface area contributed by atoms with E-state index in [9.17, 15) is 14.4 Å². The van der Waals surface area contributed by atoms with Crippen LogP contribution in [-0.2, 0) is 19.1 Å². The number of allylic oxidation sites excluding steroid dienone is 7. The number of rotatable bonds is 12. The van der Waals surface area contributed by atoms with E-state index in [2.05, 4.69) is 32.9 Å². The highest BCUT2D eigenvalue weighted by molar-refractivity contribution is 5.90. The van der Waals surface area contributed by atoms with Crippen LogP contribution in [0.2, 0.25) is 0 Å². The molecule has 138 valence electrons. The van der Waals surface area contributed by atoms with Crippen molar-refractivity contribution < 1.29 is 19.1 Å². The summed E-state index contributed by atoms with van der Waals surface area (Å²) >= 11 is 0. The van der Waals surface area contributed by atoms with Crippen molar-refractivity contribution in [1.82, 2.24) is 0 Å². The highest BCUT2D eigenvalue weighted by atomic mass is 16.5. The molecule has 25 heavy (non-hydrogen) atoms. The first-order chi connectivity index (χ1) is 11.8. The summed E-state index contributed by atoms with van der Waals surface area (Å²) in [6.45, 7) is 7.75. The Morgan fingerprint density at radius 3 is 2.20 bits per heavy atom. The van der Waals surface area contributed by atoms with E-state index >= 15 is 0 Å². The van der Waals surface area contributed by atoms with Crippen molar-refractivity contribution in [3.8, 4) is 0 Å². The lowest BCUT2D eigenvalue weighted by Crippen LogP contribution is -2.02. The normalized spacial score (nSPS) is 12.2. The third-order valence-corrected chi connectivity index (χ3v) is 3.41. The first-order valence-electron chi connectivity index (χ1n) is 8.62. The van der Waals surface area contributed by atoms with Crippen LogP contribution in [-0.4, -0.2) is 24.6 Å². The average Bonchev–Trinajstić information content (AvgIpc) is 2.52. The zero-order chi connectivity index (χ0) is 19.1. The second kappa shape index (κ2) is 14.1. The number of carbonyl (C=O) groups excluding carboxylic acids is 3. The zero-order valence-electron chi connectivity index (χ0n) is 15.8. The van der Waals surface area contributed by atoms with Gasteiger partial charge in [-0.15, -0.1) is 0 Å². The molecule has 0 saturated carbocycles. The second-order valence-corrected chi connectivity index (χ2v) is 6.18. The fraction of sp³-hybridized carbons (Fsp3) is 0.476. The molecule has 0 unspecified atom stereocenters. The van der Waals surface area contributed by atoms with E-state index in [1.807, 2.05) is 0 Å². The molecule has 0 N–H and O–H groups in total. The maximum absolute atomic E-state index is 11.8.